The molecular weight excluding hydrogens is 276 g/mol. The molecule has 2 rings (SSSR count). The van der Waals surface area contributed by atoms with Gasteiger partial charge in [-0.15, -0.1) is 0 Å². The van der Waals surface area contributed by atoms with E-state index in [1.54, 1.807) is 9.80 Å². The number of benzene rings is 1. The first kappa shape index (κ1) is 16.5. The summed E-state index contributed by atoms with van der Waals surface area (Å²) in [5.41, 5.74) is 1.05. The quantitative estimate of drug-likeness (QED) is 0.805. The summed E-state index contributed by atoms with van der Waals surface area (Å²) in [7, 11) is 0. The third-order valence-corrected chi connectivity index (χ3v) is 4.22. The topological polar surface area (TPSA) is 40.6 Å². The molecule has 1 aliphatic heterocycles. The van der Waals surface area contributed by atoms with E-state index < -0.39 is 0 Å². The van der Waals surface area contributed by atoms with Crippen LogP contribution in [0.25, 0.3) is 0 Å². The predicted octanol–water partition coefficient (Wildman–Crippen LogP) is 2.54. The van der Waals surface area contributed by atoms with Crippen LogP contribution in [0.2, 0.25) is 0 Å². The fraction of sp³-hybridized carbons (Fsp3) is 0.556. The van der Waals surface area contributed by atoms with E-state index in [4.69, 9.17) is 0 Å². The molecule has 120 valence electrons. The number of carbonyl (C=O) groups is 2. The van der Waals surface area contributed by atoms with E-state index in [2.05, 4.69) is 13.8 Å². The highest BCUT2D eigenvalue weighted by atomic mass is 16.2. The summed E-state index contributed by atoms with van der Waals surface area (Å²) in [6, 6.07) is 9.80. The molecule has 1 aliphatic rings. The second kappa shape index (κ2) is 7.43. The van der Waals surface area contributed by atoms with Crippen molar-refractivity contribution in [3.63, 3.8) is 0 Å². The van der Waals surface area contributed by atoms with Gasteiger partial charge in [0, 0.05) is 26.2 Å². The lowest BCUT2D eigenvalue weighted by Crippen LogP contribution is -2.49. The van der Waals surface area contributed by atoms with E-state index in [1.807, 2.05) is 37.3 Å². The van der Waals surface area contributed by atoms with Crippen LogP contribution in [0.3, 0.4) is 0 Å². The van der Waals surface area contributed by atoms with Crippen molar-refractivity contribution in [2.45, 2.75) is 33.7 Å². The van der Waals surface area contributed by atoms with Crippen molar-refractivity contribution < 1.29 is 9.59 Å². The van der Waals surface area contributed by atoms with E-state index in [9.17, 15) is 9.59 Å². The summed E-state index contributed by atoms with van der Waals surface area (Å²) in [5, 5.41) is 0. The molecule has 2 atom stereocenters. The third-order valence-electron chi connectivity index (χ3n) is 4.22. The Labute approximate surface area is 133 Å². The maximum Gasteiger partial charge on any atom is 0.312 e. The van der Waals surface area contributed by atoms with Crippen LogP contribution in [0.4, 0.5) is 0 Å². The number of nitrogens with zero attached hydrogens (tertiary/aromatic N) is 2. The van der Waals surface area contributed by atoms with Crippen LogP contribution in [-0.4, -0.2) is 41.2 Å². The van der Waals surface area contributed by atoms with Crippen LogP contribution in [0.5, 0.6) is 0 Å². The Balaban J connectivity index is 2.02. The van der Waals surface area contributed by atoms with Crippen molar-refractivity contribution in [1.29, 1.82) is 0 Å². The van der Waals surface area contributed by atoms with Crippen LogP contribution in [-0.2, 0) is 16.1 Å². The van der Waals surface area contributed by atoms with E-state index in [-0.39, 0.29) is 11.8 Å². The van der Waals surface area contributed by atoms with E-state index >= 15 is 0 Å². The Morgan fingerprint density at radius 1 is 1.14 bits per heavy atom. The molecule has 0 bridgehead atoms. The number of amides is 2. The van der Waals surface area contributed by atoms with Gasteiger partial charge >= 0.3 is 11.8 Å². The normalized spacial score (nSPS) is 21.5. The molecule has 0 saturated carbocycles. The largest absolute Gasteiger partial charge is 0.334 e. The molecule has 0 spiro atoms. The molecule has 1 aromatic carbocycles. The van der Waals surface area contributed by atoms with Gasteiger partial charge in [0.2, 0.25) is 0 Å². The number of carbonyl (C=O) groups excluding carboxylic acids is 2. The number of likely N-dealkylation sites (N-methyl/N-ethyl adjacent to an activating group) is 1. The number of hydrogen-bond acceptors (Lipinski definition) is 2. The van der Waals surface area contributed by atoms with E-state index in [0.717, 1.165) is 12.0 Å². The molecule has 0 aromatic heterocycles. The number of rotatable bonds is 3. The van der Waals surface area contributed by atoms with Crippen LogP contribution < -0.4 is 0 Å². The first-order valence-corrected chi connectivity index (χ1v) is 8.13. The van der Waals surface area contributed by atoms with Crippen LogP contribution in [0.1, 0.15) is 32.8 Å². The zero-order valence-corrected chi connectivity index (χ0v) is 13.8. The molecule has 0 N–H and O–H groups in total. The molecule has 1 heterocycles. The summed E-state index contributed by atoms with van der Waals surface area (Å²) in [6.07, 6.45) is 1.12. The van der Waals surface area contributed by atoms with Gasteiger partial charge in [-0.2, -0.15) is 0 Å². The van der Waals surface area contributed by atoms with Crippen molar-refractivity contribution >= 4 is 11.8 Å². The lowest BCUT2D eigenvalue weighted by Gasteiger charge is -2.35. The molecule has 4 nitrogen and oxygen atoms in total. The number of piperidine rings is 1. The standard InChI is InChI=1S/C18H26N2O2/c1-4-19(13-16-8-6-5-7-9-16)17(21)18(22)20-11-14(2)10-15(3)12-20/h5-9,14-15H,4,10-13H2,1-3H3. The zero-order valence-electron chi connectivity index (χ0n) is 13.8. The maximum atomic E-state index is 12.5. The minimum atomic E-state index is -0.382. The maximum absolute atomic E-state index is 12.5. The lowest BCUT2D eigenvalue weighted by atomic mass is 9.92. The van der Waals surface area contributed by atoms with Crippen molar-refractivity contribution in [1.82, 2.24) is 9.80 Å². The van der Waals surface area contributed by atoms with Crippen molar-refractivity contribution in [2.75, 3.05) is 19.6 Å². The smallest absolute Gasteiger partial charge is 0.312 e. The van der Waals surface area contributed by atoms with Crippen molar-refractivity contribution in [3.05, 3.63) is 35.9 Å². The second-order valence-corrected chi connectivity index (χ2v) is 6.46. The minimum absolute atomic E-state index is 0.351. The first-order valence-electron chi connectivity index (χ1n) is 8.13. The summed E-state index contributed by atoms with van der Waals surface area (Å²) in [5.74, 6) is 0.193. The van der Waals surface area contributed by atoms with Gasteiger partial charge in [-0.25, -0.2) is 0 Å². The van der Waals surface area contributed by atoms with Gasteiger partial charge in [-0.1, -0.05) is 44.2 Å². The molecule has 2 unspecified atom stereocenters. The van der Waals surface area contributed by atoms with Gasteiger partial charge in [0.15, 0.2) is 0 Å². The Morgan fingerprint density at radius 3 is 2.27 bits per heavy atom. The van der Waals surface area contributed by atoms with Gasteiger partial charge in [0.05, 0.1) is 0 Å². The molecule has 2 amide bonds. The molecule has 1 aromatic rings. The average molecular weight is 302 g/mol. The Bertz CT molecular complexity index is 505. The minimum Gasteiger partial charge on any atom is -0.334 e. The van der Waals surface area contributed by atoms with Crippen molar-refractivity contribution in [2.24, 2.45) is 11.8 Å². The highest BCUT2D eigenvalue weighted by Gasteiger charge is 2.31. The fourth-order valence-electron chi connectivity index (χ4n) is 3.23. The molecule has 0 radical (unpaired) electrons. The SMILES string of the molecule is CCN(Cc1ccccc1)C(=O)C(=O)N1CC(C)CC(C)C1. The van der Waals surface area contributed by atoms with Gasteiger partial charge in [0.25, 0.3) is 0 Å². The summed E-state index contributed by atoms with van der Waals surface area (Å²) in [4.78, 5) is 28.4. The molecular formula is C18H26N2O2. The summed E-state index contributed by atoms with van der Waals surface area (Å²) >= 11 is 0. The van der Waals surface area contributed by atoms with E-state index in [1.165, 1.54) is 0 Å². The van der Waals surface area contributed by atoms with Crippen molar-refractivity contribution in [3.8, 4) is 0 Å². The van der Waals surface area contributed by atoms with Gasteiger partial charge in [-0.05, 0) is 30.7 Å². The van der Waals surface area contributed by atoms with Crippen LogP contribution in [0, 0.1) is 11.8 Å². The molecule has 22 heavy (non-hydrogen) atoms. The van der Waals surface area contributed by atoms with Gasteiger partial charge < -0.3 is 9.80 Å². The monoisotopic (exact) mass is 302 g/mol. The Hall–Kier alpha value is -1.84. The fourth-order valence-corrected chi connectivity index (χ4v) is 3.23. The number of likely N-dealkylation sites (tertiary alicyclic amines) is 1. The molecule has 1 fully saturated rings. The van der Waals surface area contributed by atoms with E-state index in [0.29, 0.717) is 38.0 Å². The summed E-state index contributed by atoms with van der Waals surface area (Å²) < 4.78 is 0. The van der Waals surface area contributed by atoms with Gasteiger partial charge in [0.1, 0.15) is 0 Å². The lowest BCUT2D eigenvalue weighted by molar-refractivity contribution is -0.153. The third kappa shape index (κ3) is 4.09. The van der Waals surface area contributed by atoms with Gasteiger partial charge in [-0.3, -0.25) is 9.59 Å². The highest BCUT2D eigenvalue weighted by Crippen LogP contribution is 2.21. The molecule has 0 aliphatic carbocycles. The predicted molar refractivity (Wildman–Crippen MR) is 87.1 cm³/mol. The Morgan fingerprint density at radius 2 is 1.73 bits per heavy atom. The molecule has 1 saturated heterocycles. The first-order chi connectivity index (χ1) is 10.5. The molecule has 4 heteroatoms. The number of hydrogen-bond donors (Lipinski definition) is 0. The zero-order chi connectivity index (χ0) is 16.1. The summed E-state index contributed by atoms with van der Waals surface area (Å²) in [6.45, 7) is 8.61. The second-order valence-electron chi connectivity index (χ2n) is 6.46. The Kier molecular flexibility index (Phi) is 5.58. The highest BCUT2D eigenvalue weighted by molar-refractivity contribution is 6.34. The average Bonchev–Trinajstić information content (AvgIpc) is 2.51. The van der Waals surface area contributed by atoms with Crippen LogP contribution in [0.15, 0.2) is 30.3 Å². The van der Waals surface area contributed by atoms with Crippen LogP contribution >= 0.6 is 0 Å².